The van der Waals surface area contributed by atoms with E-state index in [2.05, 4.69) is 5.32 Å². The van der Waals surface area contributed by atoms with Gasteiger partial charge in [-0.05, 0) is 17.0 Å². The molecule has 1 aliphatic carbocycles. The molecule has 0 radical (unpaired) electrons. The number of nitro groups is 1. The minimum Gasteiger partial charge on any atom is -0.304 e. The van der Waals surface area contributed by atoms with Gasteiger partial charge in [0.25, 0.3) is 5.69 Å². The Balaban J connectivity index is 1.93. The predicted molar refractivity (Wildman–Crippen MR) is 103 cm³/mol. The second-order valence-electron chi connectivity index (χ2n) is 7.86. The molecule has 1 heterocycles. The number of carbonyl (C=O) groups is 1. The van der Waals surface area contributed by atoms with Crippen molar-refractivity contribution in [3.8, 4) is 0 Å². The van der Waals surface area contributed by atoms with Crippen LogP contribution >= 0.6 is 0 Å². The Hall–Kier alpha value is -2.86. The highest BCUT2D eigenvalue weighted by Gasteiger charge is 2.48. The molecule has 1 aliphatic heterocycles. The largest absolute Gasteiger partial charge is 0.304 e. The van der Waals surface area contributed by atoms with Crippen molar-refractivity contribution in [1.82, 2.24) is 5.32 Å². The lowest BCUT2D eigenvalue weighted by atomic mass is 9.65. The maximum Gasteiger partial charge on any atom is 0.273 e. The van der Waals surface area contributed by atoms with Gasteiger partial charge in [-0.15, -0.1) is 0 Å². The van der Waals surface area contributed by atoms with Gasteiger partial charge in [0.1, 0.15) is 5.78 Å². The van der Waals surface area contributed by atoms with E-state index in [4.69, 9.17) is 4.99 Å². The van der Waals surface area contributed by atoms with Gasteiger partial charge in [-0.2, -0.15) is 0 Å². The van der Waals surface area contributed by atoms with Gasteiger partial charge in [0, 0.05) is 24.6 Å². The van der Waals surface area contributed by atoms with Crippen molar-refractivity contribution >= 4 is 22.9 Å². The maximum atomic E-state index is 13.1. The molecule has 0 bridgehead atoms. The van der Waals surface area contributed by atoms with Crippen molar-refractivity contribution < 1.29 is 9.72 Å². The third-order valence-electron chi connectivity index (χ3n) is 5.51. The molecule has 4 rings (SSSR count). The van der Waals surface area contributed by atoms with Gasteiger partial charge >= 0.3 is 0 Å². The maximum absolute atomic E-state index is 13.1. The molecule has 2 unspecified atom stereocenters. The second-order valence-corrected chi connectivity index (χ2v) is 7.86. The number of ketones is 1. The van der Waals surface area contributed by atoms with Gasteiger partial charge in [0.15, 0.2) is 0 Å². The summed E-state index contributed by atoms with van der Waals surface area (Å²) in [5, 5.41) is 15.1. The quantitative estimate of drug-likeness (QED) is 0.647. The summed E-state index contributed by atoms with van der Waals surface area (Å²) in [6, 6.07) is 14.2. The minimum absolute atomic E-state index is 0.0227. The number of benzene rings is 2. The molecule has 1 saturated carbocycles. The first-order chi connectivity index (χ1) is 12.9. The Bertz CT molecular complexity index is 965. The fourth-order valence-electron chi connectivity index (χ4n) is 4.25. The number of nitro benzene ring substituents is 1. The van der Waals surface area contributed by atoms with Gasteiger partial charge in [0.2, 0.25) is 0 Å². The molecule has 1 fully saturated rings. The van der Waals surface area contributed by atoms with Crippen LogP contribution in [0, 0.1) is 15.5 Å². The van der Waals surface area contributed by atoms with Crippen LogP contribution in [0.5, 0.6) is 0 Å². The summed E-state index contributed by atoms with van der Waals surface area (Å²) < 4.78 is 0. The first kappa shape index (κ1) is 17.5. The van der Waals surface area contributed by atoms with Crippen LogP contribution in [-0.4, -0.2) is 22.5 Å². The number of Topliss-reactive ketones (excluding diaryl/α,β-unsaturated/α-hetero) is 1. The van der Waals surface area contributed by atoms with E-state index >= 15 is 0 Å². The number of rotatable bonds is 2. The highest BCUT2D eigenvalue weighted by atomic mass is 16.6. The van der Waals surface area contributed by atoms with Crippen LogP contribution in [0.25, 0.3) is 0 Å². The van der Waals surface area contributed by atoms with E-state index in [0.717, 1.165) is 11.3 Å². The van der Waals surface area contributed by atoms with Crippen LogP contribution in [0.4, 0.5) is 11.4 Å². The molecule has 6 heteroatoms. The zero-order chi connectivity index (χ0) is 19.2. The number of hydrogen-bond donors (Lipinski definition) is 1. The summed E-state index contributed by atoms with van der Waals surface area (Å²) in [6.07, 6.45) is 0.344. The molecule has 0 spiro atoms. The third kappa shape index (κ3) is 2.96. The van der Waals surface area contributed by atoms with Crippen molar-refractivity contribution in [3.63, 3.8) is 0 Å². The first-order valence-corrected chi connectivity index (χ1v) is 9.04. The number of hydrogen-bond acceptors (Lipinski definition) is 5. The average Bonchev–Trinajstić information content (AvgIpc) is 2.81. The number of para-hydroxylation sites is 2. The molecule has 0 saturated heterocycles. The van der Waals surface area contributed by atoms with E-state index < -0.39 is 10.8 Å². The van der Waals surface area contributed by atoms with Crippen LogP contribution in [0.1, 0.15) is 37.3 Å². The number of aliphatic imine (C=N–C) groups is 1. The van der Waals surface area contributed by atoms with Crippen LogP contribution in [0.3, 0.4) is 0 Å². The van der Waals surface area contributed by atoms with Crippen molar-refractivity contribution in [2.24, 2.45) is 10.4 Å². The van der Waals surface area contributed by atoms with Crippen LogP contribution in [0.2, 0.25) is 0 Å². The molecule has 2 aliphatic rings. The van der Waals surface area contributed by atoms with Crippen molar-refractivity contribution in [2.45, 2.75) is 38.8 Å². The van der Waals surface area contributed by atoms with E-state index in [1.807, 2.05) is 38.1 Å². The van der Waals surface area contributed by atoms with Gasteiger partial charge in [-0.1, -0.05) is 50.2 Å². The van der Waals surface area contributed by atoms with E-state index in [0.29, 0.717) is 24.2 Å². The molecular formula is C21H21N3O3. The third-order valence-corrected chi connectivity index (χ3v) is 5.51. The second kappa shape index (κ2) is 6.39. The van der Waals surface area contributed by atoms with E-state index in [1.165, 1.54) is 6.07 Å². The van der Waals surface area contributed by atoms with Crippen LogP contribution in [0.15, 0.2) is 53.5 Å². The molecule has 0 aromatic heterocycles. The fourth-order valence-corrected chi connectivity index (χ4v) is 4.25. The number of nitrogens with zero attached hydrogens (tertiary/aromatic N) is 2. The molecule has 6 nitrogen and oxygen atoms in total. The summed E-state index contributed by atoms with van der Waals surface area (Å²) in [4.78, 5) is 29.2. The average molecular weight is 363 g/mol. The van der Waals surface area contributed by atoms with Gasteiger partial charge in [-0.25, -0.2) is 0 Å². The van der Waals surface area contributed by atoms with Gasteiger partial charge < -0.3 is 5.32 Å². The Morgan fingerprint density at radius 2 is 1.85 bits per heavy atom. The van der Waals surface area contributed by atoms with Gasteiger partial charge in [-0.3, -0.25) is 19.9 Å². The lowest BCUT2D eigenvalue weighted by molar-refractivity contribution is -0.385. The minimum atomic E-state index is -0.705. The molecular weight excluding hydrogens is 342 g/mol. The summed E-state index contributed by atoms with van der Waals surface area (Å²) in [5.41, 5.74) is 2.62. The summed E-state index contributed by atoms with van der Waals surface area (Å²) in [6.45, 7) is 4.74. The molecule has 1 N–H and O–H groups in total. The summed E-state index contributed by atoms with van der Waals surface area (Å²) in [5.74, 6) is -0.728. The highest BCUT2D eigenvalue weighted by molar-refractivity contribution is 6.16. The number of nitrogens with one attached hydrogen (secondary N) is 1. The highest BCUT2D eigenvalue weighted by Crippen LogP contribution is 2.43. The lowest BCUT2D eigenvalue weighted by Gasteiger charge is -2.42. The molecule has 2 aromatic rings. The SMILES string of the molecule is CC1(C)CC(=O)C(c2ccccc2[N+](=O)[O-])C2=Nc3ccccc3CNC21. The smallest absolute Gasteiger partial charge is 0.273 e. The van der Waals surface area contributed by atoms with E-state index in [1.54, 1.807) is 18.2 Å². The van der Waals surface area contributed by atoms with E-state index in [-0.39, 0.29) is 22.9 Å². The van der Waals surface area contributed by atoms with Crippen molar-refractivity contribution in [2.75, 3.05) is 0 Å². The number of carbonyl (C=O) groups excluding carboxylic acids is 1. The van der Waals surface area contributed by atoms with E-state index in [9.17, 15) is 14.9 Å². The zero-order valence-corrected chi connectivity index (χ0v) is 15.3. The Morgan fingerprint density at radius 3 is 2.63 bits per heavy atom. The van der Waals surface area contributed by atoms with Crippen LogP contribution < -0.4 is 5.32 Å². The van der Waals surface area contributed by atoms with Crippen LogP contribution in [-0.2, 0) is 11.3 Å². The Morgan fingerprint density at radius 1 is 1.15 bits per heavy atom. The van der Waals surface area contributed by atoms with Gasteiger partial charge in [0.05, 0.1) is 28.3 Å². The Kier molecular flexibility index (Phi) is 4.15. The zero-order valence-electron chi connectivity index (χ0n) is 15.3. The summed E-state index contributed by atoms with van der Waals surface area (Å²) >= 11 is 0. The number of fused-ring (bicyclic) bond motifs is 2. The van der Waals surface area contributed by atoms with Crippen molar-refractivity contribution in [1.29, 1.82) is 0 Å². The standard InChI is InChI=1S/C21H21N3O3/c1-21(2)11-17(25)18(14-8-4-6-10-16(14)24(26)27)19-20(21)22-12-13-7-3-5-9-15(13)23-19/h3-10,18,20,22H,11-12H2,1-2H3. The molecule has 138 valence electrons. The fraction of sp³-hybridized carbons (Fsp3) is 0.333. The lowest BCUT2D eigenvalue weighted by Crippen LogP contribution is -2.55. The normalized spacial score (nSPS) is 23.6. The monoisotopic (exact) mass is 363 g/mol. The topological polar surface area (TPSA) is 84.6 Å². The Labute approximate surface area is 157 Å². The molecule has 27 heavy (non-hydrogen) atoms. The summed E-state index contributed by atoms with van der Waals surface area (Å²) in [7, 11) is 0. The molecule has 2 aromatic carbocycles. The van der Waals surface area contributed by atoms with Crippen molar-refractivity contribution in [3.05, 3.63) is 69.8 Å². The molecule has 2 atom stereocenters. The first-order valence-electron chi connectivity index (χ1n) is 9.04. The molecule has 0 amide bonds. The predicted octanol–water partition coefficient (Wildman–Crippen LogP) is 3.92.